The molecule has 1 heterocycles. The zero-order valence-corrected chi connectivity index (χ0v) is 10.3. The van der Waals surface area contributed by atoms with Crippen molar-refractivity contribution in [2.45, 2.75) is 18.3 Å². The van der Waals surface area contributed by atoms with Gasteiger partial charge >= 0.3 is 0 Å². The highest BCUT2D eigenvalue weighted by atomic mass is 14.8. The SMILES string of the molecule is c1ccc(C23CCN=C2c2ccccc2C3)cc1. The molecular formula is C17H15N. The molecule has 2 aromatic carbocycles. The van der Waals surface area contributed by atoms with Crippen molar-refractivity contribution in [2.75, 3.05) is 6.54 Å². The maximum atomic E-state index is 4.80. The standard InChI is InChI=1S/C17H15N/c1-2-7-14(8-3-1)17-10-11-18-16(17)15-9-5-4-6-13(15)12-17/h1-9H,10-12H2. The van der Waals surface area contributed by atoms with Crippen molar-refractivity contribution in [3.63, 3.8) is 0 Å². The topological polar surface area (TPSA) is 12.4 Å². The van der Waals surface area contributed by atoms with Crippen LogP contribution >= 0.6 is 0 Å². The first-order valence-electron chi connectivity index (χ1n) is 6.59. The van der Waals surface area contributed by atoms with E-state index in [1.807, 2.05) is 0 Å². The van der Waals surface area contributed by atoms with E-state index in [4.69, 9.17) is 4.99 Å². The van der Waals surface area contributed by atoms with Gasteiger partial charge in [0.25, 0.3) is 0 Å². The summed E-state index contributed by atoms with van der Waals surface area (Å²) < 4.78 is 0. The first-order chi connectivity index (χ1) is 8.90. The monoisotopic (exact) mass is 233 g/mol. The van der Waals surface area contributed by atoms with Gasteiger partial charge in [-0.3, -0.25) is 4.99 Å². The van der Waals surface area contributed by atoms with Gasteiger partial charge in [-0.2, -0.15) is 0 Å². The third-order valence-electron chi connectivity index (χ3n) is 4.35. The highest BCUT2D eigenvalue weighted by Crippen LogP contribution is 2.45. The number of hydrogen-bond donors (Lipinski definition) is 0. The summed E-state index contributed by atoms with van der Waals surface area (Å²) in [6.45, 7) is 0.971. The summed E-state index contributed by atoms with van der Waals surface area (Å²) in [4.78, 5) is 4.80. The third-order valence-corrected chi connectivity index (χ3v) is 4.35. The molecule has 0 saturated carbocycles. The molecule has 0 radical (unpaired) electrons. The number of aliphatic imine (C=N–C) groups is 1. The Morgan fingerprint density at radius 1 is 0.889 bits per heavy atom. The fourth-order valence-corrected chi connectivity index (χ4v) is 3.51. The van der Waals surface area contributed by atoms with Gasteiger partial charge in [0.1, 0.15) is 0 Å². The van der Waals surface area contributed by atoms with E-state index >= 15 is 0 Å². The molecule has 1 aliphatic heterocycles. The van der Waals surface area contributed by atoms with Crippen LogP contribution in [0, 0.1) is 0 Å². The number of hydrogen-bond acceptors (Lipinski definition) is 1. The Labute approximate surface area is 107 Å². The van der Waals surface area contributed by atoms with Gasteiger partial charge in [-0.25, -0.2) is 0 Å². The van der Waals surface area contributed by atoms with Crippen molar-refractivity contribution >= 4 is 5.71 Å². The molecule has 0 amide bonds. The first kappa shape index (κ1) is 10.1. The second-order valence-electron chi connectivity index (χ2n) is 5.26. The van der Waals surface area contributed by atoms with E-state index < -0.39 is 0 Å². The molecule has 0 aromatic heterocycles. The van der Waals surface area contributed by atoms with E-state index in [1.54, 1.807) is 0 Å². The van der Waals surface area contributed by atoms with Gasteiger partial charge < -0.3 is 0 Å². The van der Waals surface area contributed by atoms with Crippen LogP contribution in [0.25, 0.3) is 0 Å². The van der Waals surface area contributed by atoms with E-state index in [0.717, 1.165) is 19.4 Å². The van der Waals surface area contributed by atoms with Crippen molar-refractivity contribution < 1.29 is 0 Å². The number of rotatable bonds is 1. The molecule has 1 atom stereocenters. The fourth-order valence-electron chi connectivity index (χ4n) is 3.51. The number of fused-ring (bicyclic) bond motifs is 3. The molecule has 0 fully saturated rings. The Morgan fingerprint density at radius 2 is 1.67 bits per heavy atom. The Kier molecular flexibility index (Phi) is 1.99. The molecule has 1 heteroatoms. The van der Waals surface area contributed by atoms with Crippen molar-refractivity contribution in [2.24, 2.45) is 4.99 Å². The van der Waals surface area contributed by atoms with E-state index in [1.165, 1.54) is 22.4 Å². The Bertz CT molecular complexity index is 627. The van der Waals surface area contributed by atoms with Crippen molar-refractivity contribution in [1.82, 2.24) is 0 Å². The second-order valence-corrected chi connectivity index (χ2v) is 5.26. The van der Waals surface area contributed by atoms with Gasteiger partial charge in [0, 0.05) is 12.0 Å². The van der Waals surface area contributed by atoms with Crippen LogP contribution in [0.15, 0.2) is 59.6 Å². The molecule has 18 heavy (non-hydrogen) atoms. The lowest BCUT2D eigenvalue weighted by molar-refractivity contribution is 0.579. The number of nitrogens with zero attached hydrogens (tertiary/aromatic N) is 1. The minimum absolute atomic E-state index is 0.158. The molecular weight excluding hydrogens is 218 g/mol. The van der Waals surface area contributed by atoms with Crippen LogP contribution in [0.3, 0.4) is 0 Å². The lowest BCUT2D eigenvalue weighted by Crippen LogP contribution is -2.30. The molecule has 2 aromatic rings. The van der Waals surface area contributed by atoms with Crippen LogP contribution in [-0.2, 0) is 11.8 Å². The quantitative estimate of drug-likeness (QED) is 0.716. The van der Waals surface area contributed by atoms with Gasteiger partial charge in [-0.1, -0.05) is 54.6 Å². The molecule has 0 saturated heterocycles. The normalized spacial score (nSPS) is 24.6. The van der Waals surface area contributed by atoms with Gasteiger partial charge in [0.05, 0.1) is 5.71 Å². The molecule has 0 spiro atoms. The lowest BCUT2D eigenvalue weighted by atomic mass is 9.75. The van der Waals surface area contributed by atoms with Crippen LogP contribution < -0.4 is 0 Å². The minimum atomic E-state index is 0.158. The largest absolute Gasteiger partial charge is 0.288 e. The fraction of sp³-hybridized carbons (Fsp3) is 0.235. The van der Waals surface area contributed by atoms with Crippen LogP contribution in [-0.4, -0.2) is 12.3 Å². The second kappa shape index (κ2) is 3.55. The third kappa shape index (κ3) is 1.19. The molecule has 88 valence electrons. The van der Waals surface area contributed by atoms with Crippen LogP contribution in [0.2, 0.25) is 0 Å². The zero-order valence-electron chi connectivity index (χ0n) is 10.3. The first-order valence-corrected chi connectivity index (χ1v) is 6.59. The van der Waals surface area contributed by atoms with Crippen molar-refractivity contribution in [3.8, 4) is 0 Å². The highest BCUT2D eigenvalue weighted by Gasteiger charge is 2.46. The maximum Gasteiger partial charge on any atom is 0.0532 e. The Balaban J connectivity index is 1.93. The van der Waals surface area contributed by atoms with Gasteiger partial charge in [-0.05, 0) is 29.5 Å². The highest BCUT2D eigenvalue weighted by molar-refractivity contribution is 6.13. The van der Waals surface area contributed by atoms with Crippen LogP contribution in [0.5, 0.6) is 0 Å². The summed E-state index contributed by atoms with van der Waals surface area (Å²) in [5, 5.41) is 0. The minimum Gasteiger partial charge on any atom is -0.288 e. The Morgan fingerprint density at radius 3 is 2.56 bits per heavy atom. The zero-order chi connectivity index (χ0) is 12.0. The van der Waals surface area contributed by atoms with Crippen molar-refractivity contribution in [1.29, 1.82) is 0 Å². The summed E-state index contributed by atoms with van der Waals surface area (Å²) in [6, 6.07) is 19.6. The van der Waals surface area contributed by atoms with Gasteiger partial charge in [0.15, 0.2) is 0 Å². The van der Waals surface area contributed by atoms with E-state index in [0.29, 0.717) is 0 Å². The van der Waals surface area contributed by atoms with Crippen molar-refractivity contribution in [3.05, 3.63) is 71.3 Å². The predicted octanol–water partition coefficient (Wildman–Crippen LogP) is 3.37. The van der Waals surface area contributed by atoms with E-state index in [9.17, 15) is 0 Å². The van der Waals surface area contributed by atoms with Gasteiger partial charge in [0.2, 0.25) is 0 Å². The predicted molar refractivity (Wildman–Crippen MR) is 74.3 cm³/mol. The summed E-state index contributed by atoms with van der Waals surface area (Å²) in [6.07, 6.45) is 2.27. The Hall–Kier alpha value is -1.89. The average molecular weight is 233 g/mol. The summed E-state index contributed by atoms with van der Waals surface area (Å²) in [5.41, 5.74) is 5.74. The lowest BCUT2D eigenvalue weighted by Gasteiger charge is -2.25. The molecule has 1 aliphatic carbocycles. The average Bonchev–Trinajstić information content (AvgIpc) is 2.96. The molecule has 0 N–H and O–H groups in total. The molecule has 4 rings (SSSR count). The molecule has 0 bridgehead atoms. The summed E-state index contributed by atoms with van der Waals surface area (Å²) >= 11 is 0. The molecule has 2 aliphatic rings. The maximum absolute atomic E-state index is 4.80. The van der Waals surface area contributed by atoms with E-state index in [2.05, 4.69) is 54.6 Å². The summed E-state index contributed by atoms with van der Waals surface area (Å²) in [5.74, 6) is 0. The number of benzene rings is 2. The smallest absolute Gasteiger partial charge is 0.0532 e. The van der Waals surface area contributed by atoms with E-state index in [-0.39, 0.29) is 5.41 Å². The van der Waals surface area contributed by atoms with Crippen LogP contribution in [0.4, 0.5) is 0 Å². The van der Waals surface area contributed by atoms with Gasteiger partial charge in [-0.15, -0.1) is 0 Å². The summed E-state index contributed by atoms with van der Waals surface area (Å²) in [7, 11) is 0. The molecule has 1 nitrogen and oxygen atoms in total. The van der Waals surface area contributed by atoms with Crippen LogP contribution in [0.1, 0.15) is 23.1 Å². The molecule has 1 unspecified atom stereocenters.